The summed E-state index contributed by atoms with van der Waals surface area (Å²) in [4.78, 5) is 2.25. The summed E-state index contributed by atoms with van der Waals surface area (Å²) in [5.41, 5.74) is 2.34. The van der Waals surface area contributed by atoms with Crippen LogP contribution >= 0.6 is 11.6 Å². The summed E-state index contributed by atoms with van der Waals surface area (Å²) >= 11 is 6.14. The lowest BCUT2D eigenvalue weighted by atomic mass is 10.2. The molecule has 0 saturated carbocycles. The number of nitrogens with zero attached hydrogens (tertiary/aromatic N) is 1. The molecule has 0 unspecified atom stereocenters. The highest BCUT2D eigenvalue weighted by Gasteiger charge is 2.03. The van der Waals surface area contributed by atoms with E-state index in [9.17, 15) is 0 Å². The Balaban J connectivity index is 1.67. The number of benzene rings is 1. The summed E-state index contributed by atoms with van der Waals surface area (Å²) in [6.07, 6.45) is 3.46. The molecule has 0 saturated heterocycles. The zero-order chi connectivity index (χ0) is 13.5. The molecule has 0 fully saturated rings. The Hall–Kier alpha value is -1.29. The number of halogens is 1. The molecule has 2 rings (SSSR count). The minimum absolute atomic E-state index is 0.834. The summed E-state index contributed by atoms with van der Waals surface area (Å²) in [5, 5.41) is 4.22. The van der Waals surface area contributed by atoms with Crippen LogP contribution in [0.1, 0.15) is 11.1 Å². The van der Waals surface area contributed by atoms with Crippen LogP contribution in [0.15, 0.2) is 47.3 Å². The molecule has 0 atom stereocenters. The van der Waals surface area contributed by atoms with Gasteiger partial charge in [0.05, 0.1) is 12.5 Å². The van der Waals surface area contributed by atoms with Crippen molar-refractivity contribution >= 4 is 11.6 Å². The molecule has 2 aromatic rings. The molecule has 1 N–H and O–H groups in total. The van der Waals surface area contributed by atoms with E-state index in [2.05, 4.69) is 23.3 Å². The second-order valence-corrected chi connectivity index (χ2v) is 5.04. The topological polar surface area (TPSA) is 28.4 Å². The number of nitrogens with one attached hydrogen (secondary N) is 1. The van der Waals surface area contributed by atoms with Crippen molar-refractivity contribution < 1.29 is 4.42 Å². The van der Waals surface area contributed by atoms with E-state index < -0.39 is 0 Å². The van der Waals surface area contributed by atoms with Gasteiger partial charge in [-0.3, -0.25) is 0 Å². The number of likely N-dealkylation sites (N-methyl/N-ethyl adjacent to an activating group) is 1. The van der Waals surface area contributed by atoms with E-state index in [0.717, 1.165) is 31.2 Å². The molecule has 1 aromatic heterocycles. The van der Waals surface area contributed by atoms with Gasteiger partial charge in [-0.2, -0.15) is 0 Å². The molecule has 0 bridgehead atoms. The lowest BCUT2D eigenvalue weighted by Gasteiger charge is -2.17. The first kappa shape index (κ1) is 14.1. The van der Waals surface area contributed by atoms with E-state index in [1.807, 2.05) is 24.3 Å². The van der Waals surface area contributed by atoms with Gasteiger partial charge in [0.25, 0.3) is 0 Å². The van der Waals surface area contributed by atoms with Crippen LogP contribution in [0, 0.1) is 0 Å². The molecule has 0 aliphatic rings. The summed E-state index contributed by atoms with van der Waals surface area (Å²) < 4.78 is 5.02. The van der Waals surface area contributed by atoms with Crippen molar-refractivity contribution in [1.82, 2.24) is 10.2 Å². The molecule has 0 radical (unpaired) electrons. The summed E-state index contributed by atoms with van der Waals surface area (Å²) in [7, 11) is 2.10. The van der Waals surface area contributed by atoms with Crippen LogP contribution in [0.4, 0.5) is 0 Å². The fourth-order valence-electron chi connectivity index (χ4n) is 1.89. The fourth-order valence-corrected chi connectivity index (χ4v) is 2.09. The van der Waals surface area contributed by atoms with E-state index in [1.165, 1.54) is 11.1 Å². The van der Waals surface area contributed by atoms with E-state index in [0.29, 0.717) is 0 Å². The van der Waals surface area contributed by atoms with Crippen molar-refractivity contribution in [1.29, 1.82) is 0 Å². The zero-order valence-corrected chi connectivity index (χ0v) is 11.9. The van der Waals surface area contributed by atoms with Gasteiger partial charge in [-0.25, -0.2) is 0 Å². The smallest absolute Gasteiger partial charge is 0.0947 e. The van der Waals surface area contributed by atoms with Crippen molar-refractivity contribution in [3.8, 4) is 0 Å². The lowest BCUT2D eigenvalue weighted by Crippen LogP contribution is -2.28. The van der Waals surface area contributed by atoms with Crippen LogP contribution in [0.3, 0.4) is 0 Å². The van der Waals surface area contributed by atoms with Gasteiger partial charge in [-0.15, -0.1) is 0 Å². The van der Waals surface area contributed by atoms with Gasteiger partial charge >= 0.3 is 0 Å². The van der Waals surface area contributed by atoms with Crippen LogP contribution in [0.2, 0.25) is 5.02 Å². The third-order valence-electron chi connectivity index (χ3n) is 2.98. The summed E-state index contributed by atoms with van der Waals surface area (Å²) in [6.45, 7) is 3.62. The van der Waals surface area contributed by atoms with Crippen molar-refractivity contribution in [3.05, 3.63) is 59.0 Å². The van der Waals surface area contributed by atoms with Crippen molar-refractivity contribution in [2.24, 2.45) is 0 Å². The predicted octanol–water partition coefficient (Wildman–Crippen LogP) is 3.15. The molecule has 4 heteroatoms. The molecule has 0 spiro atoms. The monoisotopic (exact) mass is 278 g/mol. The van der Waals surface area contributed by atoms with E-state index in [-0.39, 0.29) is 0 Å². The maximum absolute atomic E-state index is 6.14. The number of hydrogen-bond donors (Lipinski definition) is 1. The Bertz CT molecular complexity index is 485. The van der Waals surface area contributed by atoms with Crippen LogP contribution in [-0.4, -0.2) is 25.0 Å². The van der Waals surface area contributed by atoms with Crippen LogP contribution in [0.5, 0.6) is 0 Å². The van der Waals surface area contributed by atoms with Gasteiger partial charge in [0.15, 0.2) is 0 Å². The molecular formula is C15H19ClN2O. The quantitative estimate of drug-likeness (QED) is 0.789. The third kappa shape index (κ3) is 4.71. The van der Waals surface area contributed by atoms with Gasteiger partial charge in [0.2, 0.25) is 0 Å². The van der Waals surface area contributed by atoms with E-state index in [4.69, 9.17) is 16.0 Å². The van der Waals surface area contributed by atoms with Crippen molar-refractivity contribution in [2.45, 2.75) is 13.1 Å². The largest absolute Gasteiger partial charge is 0.472 e. The summed E-state index contributed by atoms with van der Waals surface area (Å²) in [6, 6.07) is 9.95. The first-order chi connectivity index (χ1) is 9.25. The van der Waals surface area contributed by atoms with Gasteiger partial charge in [0.1, 0.15) is 0 Å². The van der Waals surface area contributed by atoms with Gasteiger partial charge < -0.3 is 14.6 Å². The van der Waals surface area contributed by atoms with Crippen LogP contribution in [-0.2, 0) is 13.1 Å². The maximum atomic E-state index is 6.14. The zero-order valence-electron chi connectivity index (χ0n) is 11.1. The Morgan fingerprint density at radius 1 is 1.26 bits per heavy atom. The number of furan rings is 1. The second-order valence-electron chi connectivity index (χ2n) is 4.64. The molecule has 1 aromatic carbocycles. The molecule has 0 aliphatic carbocycles. The molecule has 0 aliphatic heterocycles. The highest BCUT2D eigenvalue weighted by molar-refractivity contribution is 6.31. The Morgan fingerprint density at radius 2 is 2.11 bits per heavy atom. The van der Waals surface area contributed by atoms with Gasteiger partial charge in [0, 0.05) is 36.8 Å². The fraction of sp³-hybridized carbons (Fsp3) is 0.333. The molecule has 102 valence electrons. The number of rotatable bonds is 7. The molecule has 1 heterocycles. The highest BCUT2D eigenvalue weighted by Crippen LogP contribution is 2.16. The third-order valence-corrected chi connectivity index (χ3v) is 3.35. The molecule has 3 nitrogen and oxygen atoms in total. The molecule has 0 amide bonds. The average molecular weight is 279 g/mol. The molecule has 19 heavy (non-hydrogen) atoms. The summed E-state index contributed by atoms with van der Waals surface area (Å²) in [5.74, 6) is 0. The first-order valence-electron chi connectivity index (χ1n) is 6.39. The standard InChI is InChI=1S/C15H19ClN2O/c1-18(11-14-4-2-3-5-15(14)16)8-7-17-10-13-6-9-19-12-13/h2-6,9,12,17H,7-8,10-11H2,1H3. The van der Waals surface area contributed by atoms with Crippen molar-refractivity contribution in [3.63, 3.8) is 0 Å². The van der Waals surface area contributed by atoms with Crippen LogP contribution in [0.25, 0.3) is 0 Å². The second kappa shape index (κ2) is 7.34. The van der Waals surface area contributed by atoms with Crippen molar-refractivity contribution in [2.75, 3.05) is 20.1 Å². The average Bonchev–Trinajstić information content (AvgIpc) is 2.91. The Morgan fingerprint density at radius 3 is 2.84 bits per heavy atom. The van der Waals surface area contributed by atoms with E-state index >= 15 is 0 Å². The lowest BCUT2D eigenvalue weighted by molar-refractivity contribution is 0.324. The normalized spacial score (nSPS) is 11.1. The number of hydrogen-bond acceptors (Lipinski definition) is 3. The van der Waals surface area contributed by atoms with E-state index in [1.54, 1.807) is 12.5 Å². The van der Waals surface area contributed by atoms with Crippen LogP contribution < -0.4 is 5.32 Å². The molecular weight excluding hydrogens is 260 g/mol. The minimum Gasteiger partial charge on any atom is -0.472 e. The van der Waals surface area contributed by atoms with Gasteiger partial charge in [-0.1, -0.05) is 29.8 Å². The Labute approximate surface area is 119 Å². The minimum atomic E-state index is 0.834. The SMILES string of the molecule is CN(CCNCc1ccoc1)Cc1ccccc1Cl. The Kier molecular flexibility index (Phi) is 5.45. The predicted molar refractivity (Wildman–Crippen MR) is 78.2 cm³/mol. The van der Waals surface area contributed by atoms with Gasteiger partial charge in [-0.05, 0) is 24.7 Å². The maximum Gasteiger partial charge on any atom is 0.0947 e. The highest BCUT2D eigenvalue weighted by atomic mass is 35.5. The first-order valence-corrected chi connectivity index (χ1v) is 6.77.